The number of hydrogen-bond acceptors (Lipinski definition) is 5. The second-order valence-electron chi connectivity index (χ2n) is 6.83. The molecule has 27 heavy (non-hydrogen) atoms. The molecule has 1 N–H and O–H groups in total. The topological polar surface area (TPSA) is 52.1 Å². The summed E-state index contributed by atoms with van der Waals surface area (Å²) in [4.78, 5) is 0. The molecule has 2 rings (SSSR count). The van der Waals surface area contributed by atoms with E-state index in [1.165, 1.54) is 0 Å². The number of rotatable bonds is 8. The van der Waals surface area contributed by atoms with Gasteiger partial charge in [0.05, 0.1) is 32.6 Å². The van der Waals surface area contributed by atoms with E-state index >= 15 is 0 Å². The average molecular weight is 370 g/mol. The molecule has 0 saturated carbocycles. The molecule has 0 spiro atoms. The highest BCUT2D eigenvalue weighted by Gasteiger charge is 2.10. The molecule has 0 fully saturated rings. The number of nitrogens with zero attached hydrogens (tertiary/aromatic N) is 1. The summed E-state index contributed by atoms with van der Waals surface area (Å²) < 4.78 is 16.5. The molecule has 146 valence electrons. The average Bonchev–Trinajstić information content (AvgIpc) is 2.64. The highest BCUT2D eigenvalue weighted by Crippen LogP contribution is 2.28. The number of methoxy groups -OCH3 is 2. The van der Waals surface area contributed by atoms with Gasteiger partial charge in [0.2, 0.25) is 0 Å². The van der Waals surface area contributed by atoms with E-state index in [0.29, 0.717) is 12.3 Å². The van der Waals surface area contributed by atoms with E-state index in [1.54, 1.807) is 14.2 Å². The van der Waals surface area contributed by atoms with Crippen LogP contribution in [0, 0.1) is 13.8 Å². The second kappa shape index (κ2) is 9.31. The monoisotopic (exact) mass is 370 g/mol. The zero-order valence-corrected chi connectivity index (χ0v) is 17.3. The first-order valence-corrected chi connectivity index (χ1v) is 9.12. The van der Waals surface area contributed by atoms with Crippen molar-refractivity contribution in [1.82, 2.24) is 5.43 Å². The van der Waals surface area contributed by atoms with Crippen LogP contribution < -0.4 is 19.6 Å². The molecule has 2 aromatic rings. The SMILES string of the molecule is COc1ccc(CN/N=C(\C)c2cc(C)c(OC(C)C)c(C)c2)cc1OC. The van der Waals surface area contributed by atoms with Gasteiger partial charge in [0, 0.05) is 0 Å². The normalized spacial score (nSPS) is 11.5. The molecular formula is C22H30N2O3. The van der Waals surface area contributed by atoms with Crippen LogP contribution >= 0.6 is 0 Å². The summed E-state index contributed by atoms with van der Waals surface area (Å²) >= 11 is 0. The molecule has 0 saturated heterocycles. The van der Waals surface area contributed by atoms with Gasteiger partial charge in [0.1, 0.15) is 5.75 Å². The summed E-state index contributed by atoms with van der Waals surface area (Å²) in [6.07, 6.45) is 0.158. The third-order valence-electron chi connectivity index (χ3n) is 4.21. The minimum Gasteiger partial charge on any atom is -0.493 e. The van der Waals surface area contributed by atoms with Crippen molar-refractivity contribution in [2.24, 2.45) is 5.10 Å². The van der Waals surface area contributed by atoms with E-state index in [1.807, 2.05) is 39.0 Å². The van der Waals surface area contributed by atoms with Crippen molar-refractivity contribution in [3.8, 4) is 17.2 Å². The van der Waals surface area contributed by atoms with E-state index in [0.717, 1.165) is 39.5 Å². The van der Waals surface area contributed by atoms with E-state index < -0.39 is 0 Å². The molecule has 2 aromatic carbocycles. The van der Waals surface area contributed by atoms with Gasteiger partial charge in [-0.3, -0.25) is 0 Å². The number of nitrogens with one attached hydrogen (secondary N) is 1. The first-order chi connectivity index (χ1) is 12.8. The molecule has 0 bridgehead atoms. The molecule has 5 nitrogen and oxygen atoms in total. The molecule has 0 atom stereocenters. The summed E-state index contributed by atoms with van der Waals surface area (Å²) in [6, 6.07) is 10.1. The van der Waals surface area contributed by atoms with Crippen LogP contribution in [0.3, 0.4) is 0 Å². The Hall–Kier alpha value is -2.69. The number of ether oxygens (including phenoxy) is 3. The lowest BCUT2D eigenvalue weighted by atomic mass is 10.0. The predicted octanol–water partition coefficient (Wildman–Crippen LogP) is 4.62. The van der Waals surface area contributed by atoms with Crippen molar-refractivity contribution in [3.63, 3.8) is 0 Å². The second-order valence-corrected chi connectivity index (χ2v) is 6.83. The van der Waals surface area contributed by atoms with Gasteiger partial charge in [-0.05, 0) is 81.1 Å². The number of hydrogen-bond donors (Lipinski definition) is 1. The van der Waals surface area contributed by atoms with Crippen LogP contribution in [-0.2, 0) is 6.54 Å². The lowest BCUT2D eigenvalue weighted by molar-refractivity contribution is 0.239. The zero-order chi connectivity index (χ0) is 20.0. The standard InChI is InChI=1S/C22H30N2O3/c1-14(2)27-22-15(3)10-19(11-16(22)4)17(5)24-23-13-18-8-9-20(25-6)21(12-18)26-7/h8-12,14,23H,13H2,1-7H3/b24-17+. The Bertz CT molecular complexity index is 790. The molecular weight excluding hydrogens is 340 g/mol. The van der Waals surface area contributed by atoms with Gasteiger partial charge in [-0.15, -0.1) is 0 Å². The third kappa shape index (κ3) is 5.39. The van der Waals surface area contributed by atoms with Gasteiger partial charge in [-0.2, -0.15) is 5.10 Å². The third-order valence-corrected chi connectivity index (χ3v) is 4.21. The van der Waals surface area contributed by atoms with E-state index in [9.17, 15) is 0 Å². The maximum atomic E-state index is 5.91. The van der Waals surface area contributed by atoms with Gasteiger partial charge in [-0.25, -0.2) is 0 Å². The highest BCUT2D eigenvalue weighted by molar-refractivity contribution is 5.99. The van der Waals surface area contributed by atoms with Crippen molar-refractivity contribution in [2.75, 3.05) is 14.2 Å². The van der Waals surface area contributed by atoms with Crippen LogP contribution in [0.1, 0.15) is 43.0 Å². The fraction of sp³-hybridized carbons (Fsp3) is 0.409. The molecule has 0 aliphatic heterocycles. The van der Waals surface area contributed by atoms with Crippen LogP contribution in [0.25, 0.3) is 0 Å². The van der Waals surface area contributed by atoms with Crippen molar-refractivity contribution in [2.45, 2.75) is 47.3 Å². The Kier molecular flexibility index (Phi) is 7.11. The predicted molar refractivity (Wildman–Crippen MR) is 110 cm³/mol. The summed E-state index contributed by atoms with van der Waals surface area (Å²) in [5.74, 6) is 2.39. The molecule has 5 heteroatoms. The zero-order valence-electron chi connectivity index (χ0n) is 17.3. The number of hydrazone groups is 1. The van der Waals surface area contributed by atoms with E-state index in [4.69, 9.17) is 14.2 Å². The largest absolute Gasteiger partial charge is 0.493 e. The highest BCUT2D eigenvalue weighted by atomic mass is 16.5. The lowest BCUT2D eigenvalue weighted by Crippen LogP contribution is -2.11. The van der Waals surface area contributed by atoms with Crippen molar-refractivity contribution >= 4 is 5.71 Å². The Balaban J connectivity index is 2.10. The Morgan fingerprint density at radius 1 is 1.00 bits per heavy atom. The molecule has 0 radical (unpaired) electrons. The van der Waals surface area contributed by atoms with Crippen LogP contribution in [0.4, 0.5) is 0 Å². The quantitative estimate of drug-likeness (QED) is 0.544. The lowest BCUT2D eigenvalue weighted by Gasteiger charge is -2.16. The first-order valence-electron chi connectivity index (χ1n) is 9.12. The molecule has 0 unspecified atom stereocenters. The molecule has 0 aliphatic carbocycles. The minimum absolute atomic E-state index is 0.158. The van der Waals surface area contributed by atoms with Crippen molar-refractivity contribution < 1.29 is 14.2 Å². The van der Waals surface area contributed by atoms with E-state index in [-0.39, 0.29) is 6.10 Å². The number of aryl methyl sites for hydroxylation is 2. The maximum Gasteiger partial charge on any atom is 0.161 e. The fourth-order valence-corrected chi connectivity index (χ4v) is 2.89. The summed E-state index contributed by atoms with van der Waals surface area (Å²) in [5, 5.41) is 4.51. The van der Waals surface area contributed by atoms with Gasteiger partial charge in [0.25, 0.3) is 0 Å². The fourth-order valence-electron chi connectivity index (χ4n) is 2.89. The van der Waals surface area contributed by atoms with E-state index in [2.05, 4.69) is 36.5 Å². The maximum absolute atomic E-state index is 5.91. The van der Waals surface area contributed by atoms with Crippen LogP contribution in [-0.4, -0.2) is 26.0 Å². The minimum atomic E-state index is 0.158. The first kappa shape index (κ1) is 20.6. The Morgan fingerprint density at radius 3 is 2.19 bits per heavy atom. The van der Waals surface area contributed by atoms with Gasteiger partial charge >= 0.3 is 0 Å². The molecule has 0 amide bonds. The Morgan fingerprint density at radius 2 is 1.63 bits per heavy atom. The summed E-state index contributed by atoms with van der Waals surface area (Å²) in [6.45, 7) is 10.8. The van der Waals surface area contributed by atoms with Crippen molar-refractivity contribution in [1.29, 1.82) is 0 Å². The summed E-state index contributed by atoms with van der Waals surface area (Å²) in [5.41, 5.74) is 8.45. The summed E-state index contributed by atoms with van der Waals surface area (Å²) in [7, 11) is 3.26. The Labute approximate surface area is 162 Å². The van der Waals surface area contributed by atoms with Crippen LogP contribution in [0.15, 0.2) is 35.4 Å². The molecule has 0 aromatic heterocycles. The van der Waals surface area contributed by atoms with Gasteiger partial charge in [0.15, 0.2) is 11.5 Å². The van der Waals surface area contributed by atoms with Crippen LogP contribution in [0.5, 0.6) is 17.2 Å². The van der Waals surface area contributed by atoms with Gasteiger partial charge in [-0.1, -0.05) is 6.07 Å². The molecule has 0 aliphatic rings. The smallest absolute Gasteiger partial charge is 0.161 e. The number of benzene rings is 2. The van der Waals surface area contributed by atoms with Gasteiger partial charge < -0.3 is 19.6 Å². The molecule has 0 heterocycles. The van der Waals surface area contributed by atoms with Crippen LogP contribution in [0.2, 0.25) is 0 Å². The van der Waals surface area contributed by atoms with Crippen molar-refractivity contribution in [3.05, 3.63) is 52.6 Å².